The number of carbonyl (C=O) groups is 2. The second kappa shape index (κ2) is 6.37. The van der Waals surface area contributed by atoms with Gasteiger partial charge >= 0.3 is 5.97 Å². The van der Waals surface area contributed by atoms with Crippen molar-refractivity contribution in [3.63, 3.8) is 0 Å². The van der Waals surface area contributed by atoms with Crippen LogP contribution in [-0.4, -0.2) is 23.5 Å². The van der Waals surface area contributed by atoms with E-state index in [1.807, 2.05) is 0 Å². The molecule has 0 aliphatic heterocycles. The molecule has 0 spiro atoms. The van der Waals surface area contributed by atoms with Crippen LogP contribution in [-0.2, 0) is 4.79 Å². The average molecular weight is 308 g/mol. The third-order valence-electron chi connectivity index (χ3n) is 2.78. The van der Waals surface area contributed by atoms with Gasteiger partial charge in [0.2, 0.25) is 0 Å². The maximum atomic E-state index is 13.7. The Kier molecular flexibility index (Phi) is 4.55. The molecule has 2 rings (SSSR count). The molecule has 0 fully saturated rings. The number of halogens is 2. The first-order valence-corrected chi connectivity index (χ1v) is 6.40. The van der Waals surface area contributed by atoms with Crippen molar-refractivity contribution >= 4 is 29.2 Å². The van der Waals surface area contributed by atoms with Crippen LogP contribution in [0, 0.1) is 5.82 Å². The molecule has 108 valence electrons. The van der Waals surface area contributed by atoms with Gasteiger partial charge in [-0.1, -0.05) is 23.7 Å². The Morgan fingerprint density at radius 3 is 2.29 bits per heavy atom. The number of aliphatic carboxylic acids is 1. The minimum atomic E-state index is -1.20. The SMILES string of the molecule is O=C(O)CN(C(=O)c1ccccc1F)c1ccc(Cl)cc1. The Morgan fingerprint density at radius 2 is 1.71 bits per heavy atom. The van der Waals surface area contributed by atoms with E-state index in [2.05, 4.69) is 0 Å². The topological polar surface area (TPSA) is 57.6 Å². The van der Waals surface area contributed by atoms with Gasteiger partial charge in [0.15, 0.2) is 0 Å². The van der Waals surface area contributed by atoms with Crippen molar-refractivity contribution in [1.29, 1.82) is 0 Å². The fraction of sp³-hybridized carbons (Fsp3) is 0.0667. The van der Waals surface area contributed by atoms with E-state index in [-0.39, 0.29) is 5.56 Å². The first-order chi connectivity index (χ1) is 9.99. The monoisotopic (exact) mass is 307 g/mol. The first-order valence-electron chi connectivity index (χ1n) is 6.03. The number of benzene rings is 2. The minimum absolute atomic E-state index is 0.186. The number of rotatable bonds is 4. The summed E-state index contributed by atoms with van der Waals surface area (Å²) in [7, 11) is 0. The van der Waals surface area contributed by atoms with Crippen molar-refractivity contribution in [3.05, 3.63) is 64.9 Å². The van der Waals surface area contributed by atoms with Crippen molar-refractivity contribution in [2.24, 2.45) is 0 Å². The predicted octanol–water partition coefficient (Wildman–Crippen LogP) is 3.21. The number of nitrogens with zero attached hydrogens (tertiary/aromatic N) is 1. The van der Waals surface area contributed by atoms with E-state index in [9.17, 15) is 14.0 Å². The van der Waals surface area contributed by atoms with Crippen LogP contribution in [0.3, 0.4) is 0 Å². The molecule has 0 saturated carbocycles. The van der Waals surface area contributed by atoms with E-state index in [1.165, 1.54) is 42.5 Å². The zero-order valence-corrected chi connectivity index (χ0v) is 11.5. The maximum Gasteiger partial charge on any atom is 0.323 e. The van der Waals surface area contributed by atoms with E-state index in [0.717, 1.165) is 11.0 Å². The lowest BCUT2D eigenvalue weighted by atomic mass is 10.1. The molecule has 0 radical (unpaired) electrons. The average Bonchev–Trinajstić information content (AvgIpc) is 2.45. The highest BCUT2D eigenvalue weighted by Crippen LogP contribution is 2.21. The molecule has 2 aromatic carbocycles. The van der Waals surface area contributed by atoms with E-state index >= 15 is 0 Å². The zero-order chi connectivity index (χ0) is 15.4. The molecule has 0 aliphatic rings. The van der Waals surface area contributed by atoms with Gasteiger partial charge in [0, 0.05) is 10.7 Å². The van der Waals surface area contributed by atoms with Crippen LogP contribution in [0.5, 0.6) is 0 Å². The predicted molar refractivity (Wildman–Crippen MR) is 77.2 cm³/mol. The molecule has 0 bridgehead atoms. The molecule has 0 unspecified atom stereocenters. The highest BCUT2D eigenvalue weighted by Gasteiger charge is 2.22. The lowest BCUT2D eigenvalue weighted by molar-refractivity contribution is -0.135. The fourth-order valence-corrected chi connectivity index (χ4v) is 1.94. The zero-order valence-electron chi connectivity index (χ0n) is 10.8. The van der Waals surface area contributed by atoms with Gasteiger partial charge in [-0.3, -0.25) is 14.5 Å². The normalized spacial score (nSPS) is 10.2. The van der Waals surface area contributed by atoms with Gasteiger partial charge in [-0.2, -0.15) is 0 Å². The van der Waals surface area contributed by atoms with Gasteiger partial charge in [0.05, 0.1) is 5.56 Å². The number of hydrogen-bond acceptors (Lipinski definition) is 2. The lowest BCUT2D eigenvalue weighted by Crippen LogP contribution is -2.36. The van der Waals surface area contributed by atoms with E-state index in [4.69, 9.17) is 16.7 Å². The summed E-state index contributed by atoms with van der Waals surface area (Å²) in [4.78, 5) is 24.3. The molecular weight excluding hydrogens is 297 g/mol. The molecule has 0 atom stereocenters. The van der Waals surface area contributed by atoms with Crippen molar-refractivity contribution in [2.75, 3.05) is 11.4 Å². The van der Waals surface area contributed by atoms with Crippen LogP contribution < -0.4 is 4.90 Å². The van der Waals surface area contributed by atoms with Gasteiger partial charge in [0.25, 0.3) is 5.91 Å². The van der Waals surface area contributed by atoms with Crippen LogP contribution in [0.4, 0.5) is 10.1 Å². The Morgan fingerprint density at radius 1 is 1.10 bits per heavy atom. The molecule has 1 N–H and O–H groups in total. The van der Waals surface area contributed by atoms with E-state index in [1.54, 1.807) is 0 Å². The Hall–Kier alpha value is -2.40. The van der Waals surface area contributed by atoms with Crippen LogP contribution in [0.2, 0.25) is 5.02 Å². The largest absolute Gasteiger partial charge is 0.480 e. The molecule has 21 heavy (non-hydrogen) atoms. The van der Waals surface area contributed by atoms with E-state index < -0.39 is 24.2 Å². The van der Waals surface area contributed by atoms with Crippen LogP contribution in [0.15, 0.2) is 48.5 Å². The summed E-state index contributed by atoms with van der Waals surface area (Å²) >= 11 is 5.76. The first kappa shape index (κ1) is 15.0. The number of carboxylic acid groups (broad SMARTS) is 1. The third-order valence-corrected chi connectivity index (χ3v) is 3.03. The summed E-state index contributed by atoms with van der Waals surface area (Å²) in [6.45, 7) is -0.575. The Labute approximate surface area is 125 Å². The smallest absolute Gasteiger partial charge is 0.323 e. The summed E-state index contributed by atoms with van der Waals surface area (Å²) in [5.74, 6) is -2.63. The van der Waals surface area contributed by atoms with Crippen molar-refractivity contribution < 1.29 is 19.1 Å². The molecule has 0 saturated heterocycles. The van der Waals surface area contributed by atoms with Crippen molar-refractivity contribution in [2.45, 2.75) is 0 Å². The van der Waals surface area contributed by atoms with Gasteiger partial charge in [-0.05, 0) is 36.4 Å². The quantitative estimate of drug-likeness (QED) is 0.943. The van der Waals surface area contributed by atoms with Crippen molar-refractivity contribution in [1.82, 2.24) is 0 Å². The highest BCUT2D eigenvalue weighted by atomic mass is 35.5. The second-order valence-electron chi connectivity index (χ2n) is 4.24. The number of hydrogen-bond donors (Lipinski definition) is 1. The summed E-state index contributed by atoms with van der Waals surface area (Å²) in [6.07, 6.45) is 0. The van der Waals surface area contributed by atoms with Gasteiger partial charge in [-0.15, -0.1) is 0 Å². The van der Waals surface area contributed by atoms with Gasteiger partial charge in [0.1, 0.15) is 12.4 Å². The number of carboxylic acids is 1. The summed E-state index contributed by atoms with van der Waals surface area (Å²) in [5.41, 5.74) is 0.142. The maximum absolute atomic E-state index is 13.7. The van der Waals surface area contributed by atoms with Crippen molar-refractivity contribution in [3.8, 4) is 0 Å². The summed E-state index contributed by atoms with van der Waals surface area (Å²) < 4.78 is 13.7. The molecule has 0 aromatic heterocycles. The molecule has 1 amide bonds. The fourth-order valence-electron chi connectivity index (χ4n) is 1.82. The number of anilines is 1. The van der Waals surface area contributed by atoms with Gasteiger partial charge < -0.3 is 5.11 Å². The summed E-state index contributed by atoms with van der Waals surface area (Å²) in [5, 5.41) is 9.40. The standard InChI is InChI=1S/C15H11ClFNO3/c16-10-5-7-11(8-6-10)18(9-14(19)20)15(21)12-3-1-2-4-13(12)17/h1-8H,9H2,(H,19,20). The van der Waals surface area contributed by atoms with Crippen LogP contribution >= 0.6 is 11.6 Å². The van der Waals surface area contributed by atoms with Crippen LogP contribution in [0.25, 0.3) is 0 Å². The Bertz CT molecular complexity index is 673. The second-order valence-corrected chi connectivity index (χ2v) is 4.68. The number of carbonyl (C=O) groups excluding carboxylic acids is 1. The molecular formula is C15H11ClFNO3. The minimum Gasteiger partial charge on any atom is -0.480 e. The third kappa shape index (κ3) is 3.58. The van der Waals surface area contributed by atoms with Crippen LogP contribution in [0.1, 0.15) is 10.4 Å². The molecule has 2 aromatic rings. The molecule has 0 heterocycles. The Balaban J connectivity index is 2.40. The summed E-state index contributed by atoms with van der Waals surface area (Å²) in [6, 6.07) is 11.5. The lowest BCUT2D eigenvalue weighted by Gasteiger charge is -2.21. The highest BCUT2D eigenvalue weighted by molar-refractivity contribution is 6.30. The molecule has 6 heteroatoms. The number of amides is 1. The van der Waals surface area contributed by atoms with Gasteiger partial charge in [-0.25, -0.2) is 4.39 Å². The molecule has 0 aliphatic carbocycles. The van der Waals surface area contributed by atoms with E-state index in [0.29, 0.717) is 10.7 Å². The molecule has 4 nitrogen and oxygen atoms in total.